The van der Waals surface area contributed by atoms with Crippen molar-refractivity contribution in [1.29, 1.82) is 0 Å². The third-order valence-corrected chi connectivity index (χ3v) is 1.33. The van der Waals surface area contributed by atoms with Gasteiger partial charge in [-0.2, -0.15) is 0 Å². The molecule has 0 amide bonds. The van der Waals surface area contributed by atoms with E-state index in [1.54, 1.807) is 0 Å². The van der Waals surface area contributed by atoms with Crippen LogP contribution in [0.25, 0.3) is 0 Å². The fraction of sp³-hybridized carbons (Fsp3) is 0.571. The highest BCUT2D eigenvalue weighted by atomic mass is 16.1. The van der Waals surface area contributed by atoms with E-state index >= 15 is 0 Å². The molecule has 0 N–H and O–H groups in total. The fourth-order valence-corrected chi connectivity index (χ4v) is 0.643. The Morgan fingerprint density at radius 1 is 1.75 bits per heavy atom. The summed E-state index contributed by atoms with van der Waals surface area (Å²) in [5.74, 6) is 2.70. The van der Waals surface area contributed by atoms with Crippen molar-refractivity contribution in [3.63, 3.8) is 0 Å². The second-order valence-corrected chi connectivity index (χ2v) is 2.22. The van der Waals surface area contributed by atoms with Gasteiger partial charge in [-0.15, -0.1) is 6.42 Å². The number of hydrogen-bond donors (Lipinski definition) is 0. The maximum atomic E-state index is 10.4. The van der Waals surface area contributed by atoms with E-state index in [0.29, 0.717) is 12.3 Å². The molecule has 8 heavy (non-hydrogen) atoms. The molecule has 1 saturated carbocycles. The van der Waals surface area contributed by atoms with Crippen LogP contribution in [0.5, 0.6) is 0 Å². The average Bonchev–Trinajstić information content (AvgIpc) is 2.50. The molecule has 0 atom stereocenters. The van der Waals surface area contributed by atoms with Crippen molar-refractivity contribution in [2.75, 3.05) is 0 Å². The molecule has 1 aliphatic carbocycles. The molecule has 0 saturated heterocycles. The second kappa shape index (κ2) is 2.00. The number of rotatable bonds is 2. The van der Waals surface area contributed by atoms with Gasteiger partial charge in [0.2, 0.25) is 5.78 Å². The lowest BCUT2D eigenvalue weighted by Gasteiger charge is -1.83. The largest absolute Gasteiger partial charge is 0.285 e. The van der Waals surface area contributed by atoms with Crippen molar-refractivity contribution in [2.45, 2.75) is 19.3 Å². The van der Waals surface area contributed by atoms with Crippen LogP contribution in [0.1, 0.15) is 19.3 Å². The number of terminal acetylenes is 1. The van der Waals surface area contributed by atoms with Crippen molar-refractivity contribution in [1.82, 2.24) is 0 Å². The fourth-order valence-electron chi connectivity index (χ4n) is 0.643. The molecule has 0 radical (unpaired) electrons. The minimum Gasteiger partial charge on any atom is -0.285 e. The molecule has 0 spiro atoms. The van der Waals surface area contributed by atoms with E-state index in [1.807, 2.05) is 0 Å². The topological polar surface area (TPSA) is 17.1 Å². The monoisotopic (exact) mass is 108 g/mol. The van der Waals surface area contributed by atoms with Crippen LogP contribution in [0.15, 0.2) is 0 Å². The van der Waals surface area contributed by atoms with Crippen LogP contribution < -0.4 is 0 Å². The van der Waals surface area contributed by atoms with Crippen LogP contribution in [-0.4, -0.2) is 5.78 Å². The molecule has 0 unspecified atom stereocenters. The molecule has 0 aromatic rings. The summed E-state index contributed by atoms with van der Waals surface area (Å²) >= 11 is 0. The van der Waals surface area contributed by atoms with Gasteiger partial charge in [0.15, 0.2) is 0 Å². The van der Waals surface area contributed by atoms with E-state index in [0.717, 1.165) is 0 Å². The summed E-state index contributed by atoms with van der Waals surface area (Å²) in [6, 6.07) is 0. The zero-order valence-corrected chi connectivity index (χ0v) is 4.68. The smallest absolute Gasteiger partial charge is 0.205 e. The predicted octanol–water partition coefficient (Wildman–Crippen LogP) is 0.989. The summed E-state index contributed by atoms with van der Waals surface area (Å²) < 4.78 is 0. The number of carbonyl (C=O) groups excluding carboxylic acids is 1. The molecule has 1 nitrogen and oxygen atoms in total. The SMILES string of the molecule is C#CC(=O)CC1CC1. The summed E-state index contributed by atoms with van der Waals surface area (Å²) in [4.78, 5) is 10.4. The second-order valence-electron chi connectivity index (χ2n) is 2.22. The van der Waals surface area contributed by atoms with Gasteiger partial charge in [0.1, 0.15) is 0 Å². The third-order valence-electron chi connectivity index (χ3n) is 1.33. The molecule has 42 valence electrons. The van der Waals surface area contributed by atoms with Gasteiger partial charge in [0.05, 0.1) is 0 Å². The Bertz CT molecular complexity index is 137. The molecule has 0 heterocycles. The van der Waals surface area contributed by atoms with Crippen molar-refractivity contribution in [3.05, 3.63) is 0 Å². The van der Waals surface area contributed by atoms with Gasteiger partial charge < -0.3 is 0 Å². The first-order valence-electron chi connectivity index (χ1n) is 2.82. The van der Waals surface area contributed by atoms with Gasteiger partial charge in [-0.1, -0.05) is 0 Å². The van der Waals surface area contributed by atoms with Gasteiger partial charge in [0.25, 0.3) is 0 Å². The highest BCUT2D eigenvalue weighted by Crippen LogP contribution is 2.32. The van der Waals surface area contributed by atoms with E-state index in [9.17, 15) is 4.79 Å². The Morgan fingerprint density at radius 2 is 2.38 bits per heavy atom. The van der Waals surface area contributed by atoms with Gasteiger partial charge in [0, 0.05) is 6.42 Å². The normalized spacial score (nSPS) is 17.4. The van der Waals surface area contributed by atoms with E-state index in [4.69, 9.17) is 6.42 Å². The number of carbonyl (C=O) groups is 1. The minimum atomic E-state index is -0.0347. The Hall–Kier alpha value is -0.770. The lowest BCUT2D eigenvalue weighted by Crippen LogP contribution is -1.92. The van der Waals surface area contributed by atoms with Crippen LogP contribution in [0.4, 0.5) is 0 Å². The maximum Gasteiger partial charge on any atom is 0.205 e. The summed E-state index contributed by atoms with van der Waals surface area (Å²) in [7, 11) is 0. The molecule has 0 aromatic heterocycles. The van der Waals surface area contributed by atoms with Crippen LogP contribution in [-0.2, 0) is 4.79 Å². The zero-order valence-electron chi connectivity index (χ0n) is 4.68. The highest BCUT2D eigenvalue weighted by molar-refractivity contribution is 5.95. The summed E-state index contributed by atoms with van der Waals surface area (Å²) in [6.45, 7) is 0. The molecule has 0 bridgehead atoms. The number of ketones is 1. The molecule has 1 rings (SSSR count). The van der Waals surface area contributed by atoms with E-state index in [2.05, 4.69) is 5.92 Å². The Kier molecular flexibility index (Phi) is 1.34. The van der Waals surface area contributed by atoms with E-state index in [1.165, 1.54) is 12.8 Å². The molecule has 1 heteroatoms. The standard InChI is InChI=1S/C7H8O/c1-2-7(8)5-6-3-4-6/h1,6H,3-5H2. The maximum absolute atomic E-state index is 10.4. The molecular formula is C7H8O. The number of Topliss-reactive ketones (excluding diaryl/α,β-unsaturated/α-hetero) is 1. The van der Waals surface area contributed by atoms with E-state index < -0.39 is 0 Å². The summed E-state index contributed by atoms with van der Waals surface area (Å²) in [6.07, 6.45) is 7.87. The van der Waals surface area contributed by atoms with Crippen molar-refractivity contribution < 1.29 is 4.79 Å². The summed E-state index contributed by atoms with van der Waals surface area (Å²) in [5.41, 5.74) is 0. The van der Waals surface area contributed by atoms with Crippen molar-refractivity contribution >= 4 is 5.78 Å². The van der Waals surface area contributed by atoms with Crippen molar-refractivity contribution in [3.8, 4) is 12.3 Å². The third kappa shape index (κ3) is 1.38. The first-order chi connectivity index (χ1) is 3.83. The molecule has 1 aliphatic rings. The quantitative estimate of drug-likeness (QED) is 0.381. The average molecular weight is 108 g/mol. The van der Waals surface area contributed by atoms with Gasteiger partial charge >= 0.3 is 0 Å². The summed E-state index contributed by atoms with van der Waals surface area (Å²) in [5, 5.41) is 0. The van der Waals surface area contributed by atoms with Gasteiger partial charge in [-0.05, 0) is 24.7 Å². The predicted molar refractivity (Wildman–Crippen MR) is 31.2 cm³/mol. The van der Waals surface area contributed by atoms with Crippen LogP contribution >= 0.6 is 0 Å². The molecule has 1 fully saturated rings. The number of hydrogen-bond acceptors (Lipinski definition) is 1. The Morgan fingerprint density at radius 3 is 2.75 bits per heavy atom. The Balaban J connectivity index is 2.19. The minimum absolute atomic E-state index is 0.0347. The lowest BCUT2D eigenvalue weighted by atomic mass is 10.2. The van der Waals surface area contributed by atoms with Gasteiger partial charge in [-0.25, -0.2) is 0 Å². The lowest BCUT2D eigenvalue weighted by molar-refractivity contribution is -0.114. The Labute approximate surface area is 49.1 Å². The molecule has 0 aromatic carbocycles. The molecular weight excluding hydrogens is 100 g/mol. The highest BCUT2D eigenvalue weighted by Gasteiger charge is 2.23. The zero-order chi connectivity index (χ0) is 5.98. The van der Waals surface area contributed by atoms with Crippen LogP contribution in [0.2, 0.25) is 0 Å². The van der Waals surface area contributed by atoms with Crippen LogP contribution in [0.3, 0.4) is 0 Å². The van der Waals surface area contributed by atoms with Crippen molar-refractivity contribution in [2.24, 2.45) is 5.92 Å². The van der Waals surface area contributed by atoms with Crippen LogP contribution in [0, 0.1) is 18.3 Å². The van der Waals surface area contributed by atoms with Gasteiger partial charge in [-0.3, -0.25) is 4.79 Å². The molecule has 0 aliphatic heterocycles. The van der Waals surface area contributed by atoms with E-state index in [-0.39, 0.29) is 5.78 Å². The first-order valence-corrected chi connectivity index (χ1v) is 2.82. The first kappa shape index (κ1) is 5.37.